The molecule has 0 saturated carbocycles. The Labute approximate surface area is 335 Å². The van der Waals surface area contributed by atoms with Crippen molar-refractivity contribution in [1.82, 2.24) is 0 Å². The number of allylic oxidation sites excluding steroid dienone is 13. The van der Waals surface area contributed by atoms with E-state index < -0.39 is 0 Å². The van der Waals surface area contributed by atoms with Crippen LogP contribution < -0.4 is 11.5 Å². The third kappa shape index (κ3) is 9.03. The summed E-state index contributed by atoms with van der Waals surface area (Å²) in [6.45, 7) is 8.72. The van der Waals surface area contributed by atoms with Crippen LogP contribution in [-0.2, 0) is 6.54 Å². The van der Waals surface area contributed by atoms with Gasteiger partial charge >= 0.3 is 0 Å². The van der Waals surface area contributed by atoms with Gasteiger partial charge in [-0.05, 0) is 91.5 Å². The molecule has 0 atom stereocenters. The average molecular weight is 739 g/mol. The van der Waals surface area contributed by atoms with E-state index in [1.807, 2.05) is 60.7 Å². The van der Waals surface area contributed by atoms with Crippen LogP contribution in [0.2, 0.25) is 0 Å². The monoisotopic (exact) mass is 738 g/mol. The number of para-hydroxylation sites is 1. The lowest BCUT2D eigenvalue weighted by atomic mass is 9.90. The van der Waals surface area contributed by atoms with Crippen molar-refractivity contribution in [3.63, 3.8) is 0 Å². The molecule has 278 valence electrons. The molecule has 0 unspecified atom stereocenters. The highest BCUT2D eigenvalue weighted by atomic mass is 16.3. The van der Waals surface area contributed by atoms with Gasteiger partial charge in [-0.15, -0.1) is 0 Å². The number of benzene rings is 6. The quantitative estimate of drug-likeness (QED) is 0.163. The topological polar surface area (TPSA) is 65.2 Å². The maximum atomic E-state index is 6.62. The first-order valence-electron chi connectivity index (χ1n) is 19.2. The van der Waals surface area contributed by atoms with Gasteiger partial charge in [0.25, 0.3) is 0 Å². The van der Waals surface area contributed by atoms with Gasteiger partial charge in [0.15, 0.2) is 0 Å². The molecule has 0 spiro atoms. The van der Waals surface area contributed by atoms with Gasteiger partial charge in [0.2, 0.25) is 0 Å². The number of rotatable bonds is 8. The van der Waals surface area contributed by atoms with Gasteiger partial charge in [-0.25, -0.2) is 0 Å². The summed E-state index contributed by atoms with van der Waals surface area (Å²) >= 11 is 0. The molecule has 6 aromatic carbocycles. The molecule has 8 rings (SSSR count). The molecule has 0 amide bonds. The number of hydrogen-bond acceptors (Lipinski definition) is 3. The molecule has 3 nitrogen and oxygen atoms in total. The molecule has 1 aliphatic rings. The Bertz CT molecular complexity index is 2770. The molecule has 0 aliphatic heterocycles. The van der Waals surface area contributed by atoms with Crippen molar-refractivity contribution in [3.05, 3.63) is 241 Å². The first-order valence-corrected chi connectivity index (χ1v) is 19.2. The molecule has 7 aromatic rings. The van der Waals surface area contributed by atoms with E-state index in [0.29, 0.717) is 13.0 Å². The molecule has 0 bridgehead atoms. The summed E-state index contributed by atoms with van der Waals surface area (Å²) in [6, 6.07) is 43.7. The van der Waals surface area contributed by atoms with Crippen molar-refractivity contribution in [2.75, 3.05) is 0 Å². The molecule has 0 fully saturated rings. The van der Waals surface area contributed by atoms with E-state index in [9.17, 15) is 0 Å². The first-order chi connectivity index (χ1) is 28.1. The predicted octanol–water partition coefficient (Wildman–Crippen LogP) is 13.8. The zero-order chi connectivity index (χ0) is 39.4. The number of nitrogens with two attached hydrogens (primary N) is 2. The van der Waals surface area contributed by atoms with Crippen LogP contribution in [0, 0.1) is 0 Å². The van der Waals surface area contributed by atoms with Crippen molar-refractivity contribution in [2.24, 2.45) is 11.5 Å². The fourth-order valence-corrected chi connectivity index (χ4v) is 7.01. The highest BCUT2D eigenvalue weighted by Gasteiger charge is 2.11. The van der Waals surface area contributed by atoms with Crippen LogP contribution in [-0.4, -0.2) is 0 Å². The minimum atomic E-state index is 0.640. The van der Waals surface area contributed by atoms with E-state index in [1.54, 1.807) is 0 Å². The highest BCUT2D eigenvalue weighted by Crippen LogP contribution is 2.35. The van der Waals surface area contributed by atoms with Crippen LogP contribution in [0.25, 0.3) is 67.3 Å². The normalized spacial score (nSPS) is 17.1. The second-order valence-electron chi connectivity index (χ2n) is 13.7. The first kappa shape index (κ1) is 38.1. The van der Waals surface area contributed by atoms with Crippen molar-refractivity contribution < 1.29 is 4.42 Å². The molecular weight excluding hydrogens is 693 g/mol. The van der Waals surface area contributed by atoms with Crippen LogP contribution in [0.3, 0.4) is 0 Å². The fraction of sp³-hybridized carbons (Fsp3) is 0.0370. The molecule has 1 heterocycles. The lowest BCUT2D eigenvalue weighted by Gasteiger charge is -2.13. The van der Waals surface area contributed by atoms with Gasteiger partial charge in [-0.2, -0.15) is 0 Å². The van der Waals surface area contributed by atoms with E-state index >= 15 is 0 Å². The zero-order valence-electron chi connectivity index (χ0n) is 32.0. The fourth-order valence-electron chi connectivity index (χ4n) is 7.01. The molecule has 57 heavy (non-hydrogen) atoms. The third-order valence-corrected chi connectivity index (χ3v) is 10.0. The maximum absolute atomic E-state index is 6.62. The zero-order valence-corrected chi connectivity index (χ0v) is 32.0. The lowest BCUT2D eigenvalue weighted by molar-refractivity contribution is 0.669. The largest absolute Gasteiger partial charge is 0.456 e. The van der Waals surface area contributed by atoms with Gasteiger partial charge < -0.3 is 15.9 Å². The van der Waals surface area contributed by atoms with Crippen LogP contribution in [0.15, 0.2) is 217 Å². The molecule has 1 aliphatic carbocycles. The minimum Gasteiger partial charge on any atom is -0.456 e. The smallest absolute Gasteiger partial charge is 0.135 e. The maximum Gasteiger partial charge on any atom is 0.135 e. The van der Waals surface area contributed by atoms with E-state index in [1.165, 1.54) is 16.3 Å². The van der Waals surface area contributed by atoms with Gasteiger partial charge in [-0.3, -0.25) is 0 Å². The highest BCUT2D eigenvalue weighted by molar-refractivity contribution is 6.06. The predicted molar refractivity (Wildman–Crippen MR) is 247 cm³/mol. The summed E-state index contributed by atoms with van der Waals surface area (Å²) in [5.74, 6) is 0. The summed E-state index contributed by atoms with van der Waals surface area (Å²) in [6.07, 6.45) is 27.6. The van der Waals surface area contributed by atoms with Crippen molar-refractivity contribution in [1.29, 1.82) is 0 Å². The number of furan rings is 1. The van der Waals surface area contributed by atoms with Gasteiger partial charge in [0.1, 0.15) is 11.2 Å². The Morgan fingerprint density at radius 2 is 1.25 bits per heavy atom. The standard InChI is InChI=1S/C47H37NO.C7H9N/c1-3-34-31-43(41-20-12-11-19-40(41)39(34)4-2)36-24-26-37(27-25-36)45(48)29-23-33-15-7-5-6-8-17-35(18-10-9-16-33)38-28-30-47-44(32-38)42-21-13-14-22-46(42)49-47;8-6-7-4-2-1-3-5-7/h3-22,24-32H,1-2,23,48H2;1-5H,6,8H2/b6-5?,7-5+,8-6+,10-9?,15-7?,16-9-,17-8?,18-10-,33-15+,33-16?,35-17+,35-18?,45-29-;. The van der Waals surface area contributed by atoms with E-state index in [4.69, 9.17) is 15.9 Å². The summed E-state index contributed by atoms with van der Waals surface area (Å²) in [5.41, 5.74) is 24.6. The second-order valence-corrected chi connectivity index (χ2v) is 13.7. The second kappa shape index (κ2) is 18.4. The average Bonchev–Trinajstić information content (AvgIpc) is 3.64. The third-order valence-electron chi connectivity index (χ3n) is 10.0. The summed E-state index contributed by atoms with van der Waals surface area (Å²) in [5, 5.41) is 4.60. The molecule has 3 heteroatoms. The molecular formula is C54H46N2O. The summed E-state index contributed by atoms with van der Waals surface area (Å²) in [7, 11) is 0. The van der Waals surface area contributed by atoms with Crippen LogP contribution in [0.1, 0.15) is 34.2 Å². The van der Waals surface area contributed by atoms with Crippen molar-refractivity contribution in [2.45, 2.75) is 13.0 Å². The van der Waals surface area contributed by atoms with Crippen molar-refractivity contribution >= 4 is 56.1 Å². The van der Waals surface area contributed by atoms with Gasteiger partial charge in [0.05, 0.1) is 0 Å². The molecule has 4 N–H and O–H groups in total. The van der Waals surface area contributed by atoms with Gasteiger partial charge in [0, 0.05) is 23.0 Å². The van der Waals surface area contributed by atoms with Crippen LogP contribution in [0.4, 0.5) is 0 Å². The SMILES string of the molecule is C=Cc1cc(-c2ccc(/C(N)=C/CC3=C/C=C/C=C/C=C(c4ccc5oc6ccccc6c5c4)\C=C/C=C\3)cc2)c2ccccc2c1C=C.NCc1ccccc1. The van der Waals surface area contributed by atoms with Crippen molar-refractivity contribution in [3.8, 4) is 11.1 Å². The Morgan fingerprint density at radius 3 is 1.98 bits per heavy atom. The summed E-state index contributed by atoms with van der Waals surface area (Å²) in [4.78, 5) is 0. The van der Waals surface area contributed by atoms with Crippen LogP contribution in [0.5, 0.6) is 0 Å². The Morgan fingerprint density at radius 1 is 0.579 bits per heavy atom. The Balaban J connectivity index is 0.000000554. The minimum absolute atomic E-state index is 0.640. The summed E-state index contributed by atoms with van der Waals surface area (Å²) < 4.78 is 6.04. The Kier molecular flexibility index (Phi) is 12.3. The Hall–Kier alpha value is -7.20. The number of hydrogen-bond donors (Lipinski definition) is 2. The molecule has 1 aromatic heterocycles. The van der Waals surface area contributed by atoms with E-state index in [0.717, 1.165) is 72.2 Å². The lowest BCUT2D eigenvalue weighted by Crippen LogP contribution is -1.97. The molecule has 0 radical (unpaired) electrons. The number of fused-ring (bicyclic) bond motifs is 4. The van der Waals surface area contributed by atoms with Gasteiger partial charge in [-0.1, -0.05) is 195 Å². The van der Waals surface area contributed by atoms with Crippen LogP contribution >= 0.6 is 0 Å². The van der Waals surface area contributed by atoms with E-state index in [2.05, 4.69) is 159 Å². The van der Waals surface area contributed by atoms with E-state index in [-0.39, 0.29) is 0 Å². The molecule has 0 saturated heterocycles.